The number of carbonyl (C=O) groups is 1. The van der Waals surface area contributed by atoms with Crippen molar-refractivity contribution < 1.29 is 4.79 Å². The van der Waals surface area contributed by atoms with Gasteiger partial charge in [0.2, 0.25) is 0 Å². The molecule has 90 valence electrons. The fourth-order valence-corrected chi connectivity index (χ4v) is 1.73. The van der Waals surface area contributed by atoms with Crippen LogP contribution in [0.3, 0.4) is 0 Å². The quantitative estimate of drug-likeness (QED) is 0.301. The lowest BCUT2D eigenvalue weighted by atomic mass is 10.00. The van der Waals surface area contributed by atoms with Crippen molar-refractivity contribution in [3.05, 3.63) is 11.4 Å². The van der Waals surface area contributed by atoms with Gasteiger partial charge in [0, 0.05) is 12.8 Å². The summed E-state index contributed by atoms with van der Waals surface area (Å²) in [5.41, 5.74) is 10.8. The first-order valence-corrected chi connectivity index (χ1v) is 5.39. The van der Waals surface area contributed by atoms with Gasteiger partial charge in [-0.25, -0.2) is 0 Å². The molecule has 1 amide bonds. The molecule has 0 bridgehead atoms. The molecule has 16 heavy (non-hydrogen) atoms. The Morgan fingerprint density at radius 3 is 2.81 bits per heavy atom. The second kappa shape index (κ2) is 6.12. The van der Waals surface area contributed by atoms with Crippen molar-refractivity contribution in [2.24, 2.45) is 17.4 Å². The lowest BCUT2D eigenvalue weighted by molar-refractivity contribution is -0.114. The van der Waals surface area contributed by atoms with Crippen molar-refractivity contribution >= 4 is 12.1 Å². The van der Waals surface area contributed by atoms with Crippen LogP contribution in [0.2, 0.25) is 0 Å². The monoisotopic (exact) mass is 225 g/mol. The predicted octanol–water partition coefficient (Wildman–Crippen LogP) is -1.12. The molecule has 0 spiro atoms. The Kier molecular flexibility index (Phi) is 4.78. The number of hydrogen-bond donors (Lipinski definition) is 5. The van der Waals surface area contributed by atoms with Crippen LogP contribution in [0, 0.1) is 11.3 Å². The maximum absolute atomic E-state index is 10.9. The Morgan fingerprint density at radius 2 is 2.31 bits per heavy atom. The smallest absolute Gasteiger partial charge is 0.253 e. The first-order chi connectivity index (χ1) is 7.65. The molecule has 0 saturated carbocycles. The fraction of sp³-hybridized carbons (Fsp3) is 0.600. The van der Waals surface area contributed by atoms with Crippen LogP contribution in [0.5, 0.6) is 0 Å². The van der Waals surface area contributed by atoms with E-state index in [1.54, 1.807) is 0 Å². The van der Waals surface area contributed by atoms with Gasteiger partial charge in [0.1, 0.15) is 5.82 Å². The van der Waals surface area contributed by atoms with E-state index in [9.17, 15) is 4.79 Å². The topological polar surface area (TPSA) is 117 Å². The van der Waals surface area contributed by atoms with Crippen molar-refractivity contribution in [1.82, 2.24) is 10.6 Å². The number of nitrogens with one attached hydrogen (secondary N) is 3. The average molecular weight is 225 g/mol. The van der Waals surface area contributed by atoms with Gasteiger partial charge >= 0.3 is 0 Å². The van der Waals surface area contributed by atoms with Crippen LogP contribution in [0.4, 0.5) is 0 Å². The van der Waals surface area contributed by atoms with E-state index in [0.717, 1.165) is 32.1 Å². The minimum absolute atomic E-state index is 0.0313. The molecule has 1 heterocycles. The van der Waals surface area contributed by atoms with Gasteiger partial charge in [0.25, 0.3) is 5.91 Å². The standard InChI is InChI=1S/C10H19N5O/c11-4-8(10(13)16)9(12)15-6-7-2-1-3-14-5-7/h4,7,11,14-15H,1-3,5-6,12H2,(H2,13,16)/b9-8-,11-4?. The molecule has 1 fully saturated rings. The molecule has 7 N–H and O–H groups in total. The normalized spacial score (nSPS) is 22.1. The van der Waals surface area contributed by atoms with E-state index < -0.39 is 5.91 Å². The van der Waals surface area contributed by atoms with E-state index in [4.69, 9.17) is 16.9 Å². The minimum atomic E-state index is -0.679. The van der Waals surface area contributed by atoms with Crippen molar-refractivity contribution in [1.29, 1.82) is 5.41 Å². The number of nitrogens with two attached hydrogens (primary N) is 2. The number of amides is 1. The maximum atomic E-state index is 10.9. The molecule has 0 radical (unpaired) electrons. The van der Waals surface area contributed by atoms with E-state index in [1.807, 2.05) is 0 Å². The molecule has 6 nitrogen and oxygen atoms in total. The van der Waals surface area contributed by atoms with Crippen molar-refractivity contribution in [2.45, 2.75) is 12.8 Å². The molecule has 1 unspecified atom stereocenters. The van der Waals surface area contributed by atoms with Gasteiger partial charge in [-0.1, -0.05) is 0 Å². The molecule has 1 rings (SSSR count). The lowest BCUT2D eigenvalue weighted by Crippen LogP contribution is -2.38. The molecule has 0 aromatic rings. The minimum Gasteiger partial charge on any atom is -0.385 e. The van der Waals surface area contributed by atoms with Crippen LogP contribution in [0.1, 0.15) is 12.8 Å². The molecule has 1 atom stereocenters. The Labute approximate surface area is 95.0 Å². The summed E-state index contributed by atoms with van der Waals surface area (Å²) in [6.45, 7) is 2.72. The van der Waals surface area contributed by atoms with Crippen LogP contribution in [-0.4, -0.2) is 31.8 Å². The largest absolute Gasteiger partial charge is 0.385 e. The first kappa shape index (κ1) is 12.5. The SMILES string of the molecule is N=C/C(C(N)=O)=C(\N)NCC1CCCNC1. The number of rotatable bonds is 5. The summed E-state index contributed by atoms with van der Waals surface area (Å²) >= 11 is 0. The number of piperidine rings is 1. The zero-order valence-electron chi connectivity index (χ0n) is 9.25. The zero-order valence-corrected chi connectivity index (χ0v) is 9.25. The number of carbonyl (C=O) groups excluding carboxylic acids is 1. The summed E-state index contributed by atoms with van der Waals surface area (Å²) in [5, 5.41) is 13.3. The summed E-state index contributed by atoms with van der Waals surface area (Å²) in [5.74, 6) is 0.0157. The highest BCUT2D eigenvalue weighted by Gasteiger charge is 2.14. The Hall–Kier alpha value is -1.56. The first-order valence-electron chi connectivity index (χ1n) is 5.39. The predicted molar refractivity (Wildman–Crippen MR) is 62.8 cm³/mol. The summed E-state index contributed by atoms with van der Waals surface area (Å²) < 4.78 is 0. The van der Waals surface area contributed by atoms with Gasteiger partial charge in [-0.3, -0.25) is 4.79 Å². The molecule has 0 aromatic heterocycles. The summed E-state index contributed by atoms with van der Waals surface area (Å²) in [4.78, 5) is 10.9. The van der Waals surface area contributed by atoms with Crippen LogP contribution in [0.25, 0.3) is 0 Å². The second-order valence-corrected chi connectivity index (χ2v) is 3.93. The molecule has 1 aliphatic heterocycles. The molecule has 1 saturated heterocycles. The van der Waals surface area contributed by atoms with Gasteiger partial charge in [0.05, 0.1) is 5.57 Å². The Balaban J connectivity index is 2.46. The Bertz CT molecular complexity index is 294. The maximum Gasteiger partial charge on any atom is 0.253 e. The molecular weight excluding hydrogens is 206 g/mol. The van der Waals surface area contributed by atoms with Crippen LogP contribution in [0.15, 0.2) is 11.4 Å². The van der Waals surface area contributed by atoms with Crippen LogP contribution in [-0.2, 0) is 4.79 Å². The molecule has 0 aliphatic carbocycles. The third-order valence-electron chi connectivity index (χ3n) is 2.68. The lowest BCUT2D eigenvalue weighted by Gasteiger charge is -2.23. The van der Waals surface area contributed by atoms with Gasteiger partial charge < -0.3 is 27.5 Å². The van der Waals surface area contributed by atoms with Crippen LogP contribution < -0.4 is 22.1 Å². The third-order valence-corrected chi connectivity index (χ3v) is 2.68. The number of hydrogen-bond acceptors (Lipinski definition) is 5. The molecular formula is C10H19N5O. The van der Waals surface area contributed by atoms with Gasteiger partial charge in [0.15, 0.2) is 0 Å². The van der Waals surface area contributed by atoms with Gasteiger partial charge in [-0.15, -0.1) is 0 Å². The summed E-state index contributed by atoms with van der Waals surface area (Å²) in [7, 11) is 0. The van der Waals surface area contributed by atoms with E-state index >= 15 is 0 Å². The molecule has 0 aromatic carbocycles. The van der Waals surface area contributed by atoms with E-state index in [-0.39, 0.29) is 11.4 Å². The number of primary amides is 1. The van der Waals surface area contributed by atoms with Crippen molar-refractivity contribution in [3.63, 3.8) is 0 Å². The van der Waals surface area contributed by atoms with E-state index in [2.05, 4.69) is 10.6 Å². The molecule has 6 heteroatoms. The highest BCUT2D eigenvalue weighted by atomic mass is 16.1. The van der Waals surface area contributed by atoms with Gasteiger partial charge in [-0.05, 0) is 31.8 Å². The van der Waals surface area contributed by atoms with Crippen LogP contribution >= 0.6 is 0 Å². The molecule has 1 aliphatic rings. The zero-order chi connectivity index (χ0) is 12.0. The fourth-order valence-electron chi connectivity index (χ4n) is 1.73. The van der Waals surface area contributed by atoms with E-state index in [1.165, 1.54) is 0 Å². The summed E-state index contributed by atoms with van der Waals surface area (Å²) in [6.07, 6.45) is 3.18. The highest BCUT2D eigenvalue weighted by Crippen LogP contribution is 2.08. The second-order valence-electron chi connectivity index (χ2n) is 3.93. The highest BCUT2D eigenvalue weighted by molar-refractivity contribution is 6.11. The third kappa shape index (κ3) is 3.54. The average Bonchev–Trinajstić information content (AvgIpc) is 2.28. The van der Waals surface area contributed by atoms with Crippen molar-refractivity contribution in [3.8, 4) is 0 Å². The summed E-state index contributed by atoms with van der Waals surface area (Å²) in [6, 6.07) is 0. The van der Waals surface area contributed by atoms with Gasteiger partial charge in [-0.2, -0.15) is 0 Å². The van der Waals surface area contributed by atoms with E-state index in [0.29, 0.717) is 12.5 Å². The Morgan fingerprint density at radius 1 is 1.56 bits per heavy atom. The van der Waals surface area contributed by atoms with Crippen molar-refractivity contribution in [2.75, 3.05) is 19.6 Å².